The maximum Gasteiger partial charge on any atom is 0.226 e. The smallest absolute Gasteiger partial charge is 0.226 e. The van der Waals surface area contributed by atoms with E-state index in [2.05, 4.69) is 20.8 Å². The van der Waals surface area contributed by atoms with Gasteiger partial charge in [0.25, 0.3) is 0 Å². The lowest BCUT2D eigenvalue weighted by atomic mass is 9.79. The lowest BCUT2D eigenvalue weighted by Crippen LogP contribution is -2.47. The van der Waals surface area contributed by atoms with E-state index in [-0.39, 0.29) is 11.4 Å². The van der Waals surface area contributed by atoms with Crippen molar-refractivity contribution in [1.29, 1.82) is 0 Å². The predicted molar refractivity (Wildman–Crippen MR) is 84.2 cm³/mol. The second kappa shape index (κ2) is 5.85. The largest absolute Gasteiger partial charge is 0.326 e. The second-order valence-electron chi connectivity index (χ2n) is 5.99. The number of H-pyrrole nitrogens is 1. The Kier molecular flexibility index (Phi) is 3.92. The first kappa shape index (κ1) is 14.1. The Balaban J connectivity index is 1.67. The summed E-state index contributed by atoms with van der Waals surface area (Å²) in [5, 5.41) is 14.3. The molecule has 0 aliphatic heterocycles. The highest BCUT2D eigenvalue weighted by Crippen LogP contribution is 2.31. The number of nitrogens with one attached hydrogen (secondary N) is 3. The van der Waals surface area contributed by atoms with Crippen LogP contribution in [0.4, 0.5) is 5.69 Å². The van der Waals surface area contributed by atoms with Crippen molar-refractivity contribution in [1.82, 2.24) is 15.5 Å². The highest BCUT2D eigenvalue weighted by molar-refractivity contribution is 5.94. The quantitative estimate of drug-likeness (QED) is 0.809. The SMILES string of the molecule is CNC1(CC(=O)Nc2ccc3cn[nH]c3c2)CCCCC1. The van der Waals surface area contributed by atoms with Gasteiger partial charge in [0.1, 0.15) is 0 Å². The summed E-state index contributed by atoms with van der Waals surface area (Å²) in [6.45, 7) is 0. The minimum absolute atomic E-state index is 0.0274. The number of amides is 1. The van der Waals surface area contributed by atoms with Crippen molar-refractivity contribution in [3.05, 3.63) is 24.4 Å². The first-order chi connectivity index (χ1) is 10.2. The summed E-state index contributed by atoms with van der Waals surface area (Å²) < 4.78 is 0. The molecule has 0 spiro atoms. The molecule has 1 amide bonds. The minimum Gasteiger partial charge on any atom is -0.326 e. The highest BCUT2D eigenvalue weighted by Gasteiger charge is 2.32. The average Bonchev–Trinajstić information content (AvgIpc) is 2.95. The van der Waals surface area contributed by atoms with Gasteiger partial charge in [0.05, 0.1) is 11.7 Å². The summed E-state index contributed by atoms with van der Waals surface area (Å²) in [7, 11) is 1.97. The van der Waals surface area contributed by atoms with Gasteiger partial charge in [-0.3, -0.25) is 9.89 Å². The zero-order valence-corrected chi connectivity index (χ0v) is 12.4. The van der Waals surface area contributed by atoms with Gasteiger partial charge in [-0.2, -0.15) is 5.10 Å². The molecule has 1 heterocycles. The van der Waals surface area contributed by atoms with Crippen molar-refractivity contribution in [3.8, 4) is 0 Å². The van der Waals surface area contributed by atoms with Gasteiger partial charge in [-0.05, 0) is 38.1 Å². The van der Waals surface area contributed by atoms with Crippen LogP contribution in [0.2, 0.25) is 0 Å². The van der Waals surface area contributed by atoms with Gasteiger partial charge in [-0.1, -0.05) is 19.3 Å². The van der Waals surface area contributed by atoms with E-state index in [1.165, 1.54) is 19.3 Å². The fraction of sp³-hybridized carbons (Fsp3) is 0.500. The number of fused-ring (bicyclic) bond motifs is 1. The van der Waals surface area contributed by atoms with Crippen molar-refractivity contribution < 1.29 is 4.79 Å². The summed E-state index contributed by atoms with van der Waals surface area (Å²) in [5.41, 5.74) is 1.73. The van der Waals surface area contributed by atoms with Crippen LogP contribution in [0.5, 0.6) is 0 Å². The van der Waals surface area contributed by atoms with Gasteiger partial charge in [0, 0.05) is 23.0 Å². The summed E-state index contributed by atoms with van der Waals surface area (Å²) >= 11 is 0. The molecule has 1 fully saturated rings. The molecule has 1 aliphatic carbocycles. The van der Waals surface area contributed by atoms with Crippen molar-refractivity contribution in [2.75, 3.05) is 12.4 Å². The van der Waals surface area contributed by atoms with E-state index in [1.807, 2.05) is 25.2 Å². The maximum atomic E-state index is 12.3. The van der Waals surface area contributed by atoms with E-state index in [0.717, 1.165) is 29.4 Å². The van der Waals surface area contributed by atoms with Crippen molar-refractivity contribution in [2.45, 2.75) is 44.1 Å². The Bertz CT molecular complexity index is 628. The average molecular weight is 286 g/mol. The minimum atomic E-state index is -0.0274. The molecule has 1 aliphatic rings. The molecule has 3 rings (SSSR count). The normalized spacial score (nSPS) is 17.8. The molecule has 1 aromatic carbocycles. The molecule has 0 bridgehead atoms. The van der Waals surface area contributed by atoms with Gasteiger partial charge in [-0.25, -0.2) is 0 Å². The van der Waals surface area contributed by atoms with E-state index in [4.69, 9.17) is 0 Å². The number of nitrogens with zero attached hydrogens (tertiary/aromatic N) is 1. The molecule has 0 unspecified atom stereocenters. The second-order valence-corrected chi connectivity index (χ2v) is 5.99. The predicted octanol–water partition coefficient (Wildman–Crippen LogP) is 2.81. The van der Waals surface area contributed by atoms with Crippen LogP contribution in [0.25, 0.3) is 10.9 Å². The molecular weight excluding hydrogens is 264 g/mol. The lowest BCUT2D eigenvalue weighted by Gasteiger charge is -2.36. The van der Waals surface area contributed by atoms with E-state index in [9.17, 15) is 4.79 Å². The molecule has 2 aromatic rings. The van der Waals surface area contributed by atoms with Crippen LogP contribution < -0.4 is 10.6 Å². The van der Waals surface area contributed by atoms with Crippen LogP contribution in [-0.4, -0.2) is 28.7 Å². The van der Waals surface area contributed by atoms with Crippen LogP contribution in [0.1, 0.15) is 38.5 Å². The Morgan fingerprint density at radius 2 is 2.14 bits per heavy atom. The number of hydrogen-bond acceptors (Lipinski definition) is 3. The number of aromatic amines is 1. The fourth-order valence-corrected chi connectivity index (χ4v) is 3.27. The number of aromatic nitrogens is 2. The number of benzene rings is 1. The van der Waals surface area contributed by atoms with Crippen molar-refractivity contribution in [2.24, 2.45) is 0 Å². The van der Waals surface area contributed by atoms with Gasteiger partial charge in [-0.15, -0.1) is 0 Å². The lowest BCUT2D eigenvalue weighted by molar-refractivity contribution is -0.117. The van der Waals surface area contributed by atoms with Crippen LogP contribution >= 0.6 is 0 Å². The number of anilines is 1. The molecule has 1 aromatic heterocycles. The van der Waals surface area contributed by atoms with Crippen LogP contribution in [-0.2, 0) is 4.79 Å². The monoisotopic (exact) mass is 286 g/mol. The van der Waals surface area contributed by atoms with Gasteiger partial charge < -0.3 is 10.6 Å². The molecule has 21 heavy (non-hydrogen) atoms. The molecule has 1 saturated carbocycles. The van der Waals surface area contributed by atoms with E-state index in [1.54, 1.807) is 6.20 Å². The summed E-state index contributed by atoms with van der Waals surface area (Å²) in [6.07, 6.45) is 8.15. The standard InChI is InChI=1S/C16H22N4O/c1-17-16(7-3-2-4-8-16)10-15(21)19-13-6-5-12-11-18-20-14(12)9-13/h5-6,9,11,17H,2-4,7-8,10H2,1H3,(H,18,20)(H,19,21). The summed E-state index contributed by atoms with van der Waals surface area (Å²) in [5.74, 6) is 0.0742. The third kappa shape index (κ3) is 3.08. The van der Waals surface area contributed by atoms with Gasteiger partial charge >= 0.3 is 0 Å². The number of hydrogen-bond donors (Lipinski definition) is 3. The fourth-order valence-electron chi connectivity index (χ4n) is 3.27. The number of carbonyl (C=O) groups is 1. The van der Waals surface area contributed by atoms with E-state index in [0.29, 0.717) is 6.42 Å². The summed E-state index contributed by atoms with van der Waals surface area (Å²) in [4.78, 5) is 12.3. The van der Waals surface area contributed by atoms with Crippen molar-refractivity contribution >= 4 is 22.5 Å². The maximum absolute atomic E-state index is 12.3. The van der Waals surface area contributed by atoms with E-state index >= 15 is 0 Å². The van der Waals surface area contributed by atoms with Crippen LogP contribution in [0.3, 0.4) is 0 Å². The third-order valence-electron chi connectivity index (χ3n) is 4.57. The van der Waals surface area contributed by atoms with Gasteiger partial charge in [0.2, 0.25) is 5.91 Å². The Morgan fingerprint density at radius 3 is 2.90 bits per heavy atom. The molecule has 0 atom stereocenters. The molecule has 5 heteroatoms. The molecule has 112 valence electrons. The zero-order valence-electron chi connectivity index (χ0n) is 12.4. The Hall–Kier alpha value is -1.88. The Labute approximate surface area is 124 Å². The first-order valence-electron chi connectivity index (χ1n) is 7.63. The van der Waals surface area contributed by atoms with Crippen LogP contribution in [0, 0.1) is 0 Å². The summed E-state index contributed by atoms with van der Waals surface area (Å²) in [6, 6.07) is 5.80. The number of carbonyl (C=O) groups excluding carboxylic acids is 1. The number of rotatable bonds is 4. The topological polar surface area (TPSA) is 69.8 Å². The third-order valence-corrected chi connectivity index (χ3v) is 4.57. The molecule has 3 N–H and O–H groups in total. The molecule has 0 radical (unpaired) electrons. The molecular formula is C16H22N4O. The zero-order chi connectivity index (χ0) is 14.7. The highest BCUT2D eigenvalue weighted by atomic mass is 16.1. The van der Waals surface area contributed by atoms with Crippen LogP contribution in [0.15, 0.2) is 24.4 Å². The van der Waals surface area contributed by atoms with Crippen molar-refractivity contribution in [3.63, 3.8) is 0 Å². The first-order valence-corrected chi connectivity index (χ1v) is 7.63. The van der Waals surface area contributed by atoms with E-state index < -0.39 is 0 Å². The Morgan fingerprint density at radius 1 is 1.33 bits per heavy atom. The molecule has 5 nitrogen and oxygen atoms in total. The van der Waals surface area contributed by atoms with Gasteiger partial charge in [0.15, 0.2) is 0 Å². The molecule has 0 saturated heterocycles.